The molecule has 1 aromatic carbocycles. The Kier molecular flexibility index (Phi) is 3.77. The summed E-state index contributed by atoms with van der Waals surface area (Å²) in [5.74, 6) is -0.337. The molecule has 0 heterocycles. The summed E-state index contributed by atoms with van der Waals surface area (Å²) in [5, 5.41) is 0. The summed E-state index contributed by atoms with van der Waals surface area (Å²) < 4.78 is 0. The number of nitrogen functional groups attached to an aromatic ring is 1. The predicted molar refractivity (Wildman–Crippen MR) is 67.3 cm³/mol. The highest BCUT2D eigenvalue weighted by Crippen LogP contribution is 2.24. The molecule has 4 heteroatoms. The molecule has 1 aromatic rings. The minimum absolute atomic E-state index is 0.202. The van der Waals surface area contributed by atoms with Crippen molar-refractivity contribution in [3.63, 3.8) is 0 Å². The molecule has 0 aliphatic carbocycles. The molecule has 0 aliphatic rings. The number of aryl methyl sites for hydroxylation is 1. The van der Waals surface area contributed by atoms with Crippen LogP contribution in [0.1, 0.15) is 19.4 Å². The SMILES string of the molecule is Cc1ccc(N)cc1N(CC(N)=O)C(C)C. The summed E-state index contributed by atoms with van der Waals surface area (Å²) in [5.41, 5.74) is 13.7. The van der Waals surface area contributed by atoms with Crippen molar-refractivity contribution in [1.82, 2.24) is 0 Å². The molecule has 0 fully saturated rings. The number of rotatable bonds is 4. The zero-order chi connectivity index (χ0) is 12.3. The third-order valence-electron chi connectivity index (χ3n) is 2.49. The number of hydrogen-bond acceptors (Lipinski definition) is 3. The van der Waals surface area contributed by atoms with Gasteiger partial charge in [-0.1, -0.05) is 6.07 Å². The molecule has 0 aromatic heterocycles. The number of benzene rings is 1. The Bertz CT molecular complexity index is 388. The van der Waals surface area contributed by atoms with Gasteiger partial charge in [0, 0.05) is 17.4 Å². The van der Waals surface area contributed by atoms with Crippen LogP contribution in [-0.2, 0) is 4.79 Å². The van der Waals surface area contributed by atoms with E-state index in [0.29, 0.717) is 5.69 Å². The van der Waals surface area contributed by atoms with Crippen molar-refractivity contribution in [3.05, 3.63) is 23.8 Å². The molecule has 16 heavy (non-hydrogen) atoms. The molecule has 0 aliphatic heterocycles. The number of amides is 1. The first-order valence-electron chi connectivity index (χ1n) is 5.33. The largest absolute Gasteiger partial charge is 0.399 e. The fraction of sp³-hybridized carbons (Fsp3) is 0.417. The van der Waals surface area contributed by atoms with Crippen LogP contribution < -0.4 is 16.4 Å². The van der Waals surface area contributed by atoms with Crippen LogP contribution in [-0.4, -0.2) is 18.5 Å². The van der Waals surface area contributed by atoms with Gasteiger partial charge in [0.25, 0.3) is 0 Å². The average Bonchev–Trinajstić information content (AvgIpc) is 2.18. The van der Waals surface area contributed by atoms with E-state index in [0.717, 1.165) is 11.3 Å². The number of carbonyl (C=O) groups is 1. The molecule has 1 amide bonds. The molecular formula is C12H19N3O. The van der Waals surface area contributed by atoms with Crippen LogP contribution in [0.25, 0.3) is 0 Å². The molecular weight excluding hydrogens is 202 g/mol. The first-order valence-corrected chi connectivity index (χ1v) is 5.33. The van der Waals surface area contributed by atoms with Crippen molar-refractivity contribution in [2.45, 2.75) is 26.8 Å². The third-order valence-corrected chi connectivity index (χ3v) is 2.49. The van der Waals surface area contributed by atoms with E-state index in [2.05, 4.69) is 0 Å². The molecule has 4 nitrogen and oxygen atoms in total. The second kappa shape index (κ2) is 4.88. The van der Waals surface area contributed by atoms with Crippen molar-refractivity contribution >= 4 is 17.3 Å². The Morgan fingerprint density at radius 2 is 2.06 bits per heavy atom. The van der Waals surface area contributed by atoms with E-state index in [1.54, 1.807) is 0 Å². The standard InChI is InChI=1S/C12H19N3O/c1-8(2)15(7-12(14)16)11-6-10(13)5-4-9(11)3/h4-6,8H,7,13H2,1-3H3,(H2,14,16). The summed E-state index contributed by atoms with van der Waals surface area (Å²) in [6.07, 6.45) is 0. The van der Waals surface area contributed by atoms with E-state index >= 15 is 0 Å². The van der Waals surface area contributed by atoms with E-state index in [4.69, 9.17) is 11.5 Å². The van der Waals surface area contributed by atoms with Gasteiger partial charge in [0.15, 0.2) is 0 Å². The van der Waals surface area contributed by atoms with Crippen LogP contribution in [0.15, 0.2) is 18.2 Å². The van der Waals surface area contributed by atoms with Crippen molar-refractivity contribution in [2.75, 3.05) is 17.2 Å². The zero-order valence-electron chi connectivity index (χ0n) is 10.0. The van der Waals surface area contributed by atoms with Gasteiger partial charge in [0.1, 0.15) is 0 Å². The number of nitrogens with two attached hydrogens (primary N) is 2. The number of hydrogen-bond donors (Lipinski definition) is 2. The lowest BCUT2D eigenvalue weighted by atomic mass is 10.1. The van der Waals surface area contributed by atoms with E-state index in [-0.39, 0.29) is 18.5 Å². The number of carbonyl (C=O) groups excluding carboxylic acids is 1. The molecule has 0 unspecified atom stereocenters. The van der Waals surface area contributed by atoms with Crippen molar-refractivity contribution in [2.24, 2.45) is 5.73 Å². The van der Waals surface area contributed by atoms with Gasteiger partial charge in [0.05, 0.1) is 6.54 Å². The monoisotopic (exact) mass is 221 g/mol. The number of anilines is 2. The minimum Gasteiger partial charge on any atom is -0.399 e. The van der Waals surface area contributed by atoms with E-state index < -0.39 is 0 Å². The van der Waals surface area contributed by atoms with Gasteiger partial charge in [-0.2, -0.15) is 0 Å². The maximum absolute atomic E-state index is 11.0. The van der Waals surface area contributed by atoms with E-state index in [1.807, 2.05) is 43.9 Å². The molecule has 0 radical (unpaired) electrons. The maximum Gasteiger partial charge on any atom is 0.236 e. The molecule has 0 saturated carbocycles. The Hall–Kier alpha value is -1.71. The minimum atomic E-state index is -0.337. The normalized spacial score (nSPS) is 10.5. The second-order valence-electron chi connectivity index (χ2n) is 4.23. The summed E-state index contributed by atoms with van der Waals surface area (Å²) in [7, 11) is 0. The molecule has 0 saturated heterocycles. The number of primary amides is 1. The highest BCUT2D eigenvalue weighted by molar-refractivity contribution is 5.80. The Balaban J connectivity index is 3.09. The van der Waals surface area contributed by atoms with Crippen LogP contribution in [0.4, 0.5) is 11.4 Å². The Morgan fingerprint density at radius 3 is 2.56 bits per heavy atom. The first kappa shape index (κ1) is 12.4. The topological polar surface area (TPSA) is 72.3 Å². The van der Waals surface area contributed by atoms with Gasteiger partial charge in [-0.3, -0.25) is 4.79 Å². The maximum atomic E-state index is 11.0. The Labute approximate surface area is 96.2 Å². The lowest BCUT2D eigenvalue weighted by Crippen LogP contribution is -2.39. The highest BCUT2D eigenvalue weighted by atomic mass is 16.1. The lowest BCUT2D eigenvalue weighted by Gasteiger charge is -2.29. The summed E-state index contributed by atoms with van der Waals surface area (Å²) in [6.45, 7) is 6.24. The van der Waals surface area contributed by atoms with E-state index in [9.17, 15) is 4.79 Å². The molecule has 1 rings (SSSR count). The quantitative estimate of drug-likeness (QED) is 0.752. The van der Waals surface area contributed by atoms with Gasteiger partial charge >= 0.3 is 0 Å². The molecule has 0 spiro atoms. The van der Waals surface area contributed by atoms with Crippen LogP contribution in [0.5, 0.6) is 0 Å². The average molecular weight is 221 g/mol. The summed E-state index contributed by atoms with van der Waals surface area (Å²) in [6, 6.07) is 5.87. The molecule has 0 bridgehead atoms. The molecule has 4 N–H and O–H groups in total. The highest BCUT2D eigenvalue weighted by Gasteiger charge is 2.15. The fourth-order valence-electron chi connectivity index (χ4n) is 1.65. The van der Waals surface area contributed by atoms with Gasteiger partial charge in [-0.05, 0) is 38.5 Å². The third kappa shape index (κ3) is 2.89. The van der Waals surface area contributed by atoms with Crippen molar-refractivity contribution in [3.8, 4) is 0 Å². The van der Waals surface area contributed by atoms with Crippen LogP contribution in [0.2, 0.25) is 0 Å². The second-order valence-corrected chi connectivity index (χ2v) is 4.23. The van der Waals surface area contributed by atoms with Gasteiger partial charge in [0.2, 0.25) is 5.91 Å². The van der Waals surface area contributed by atoms with Crippen molar-refractivity contribution in [1.29, 1.82) is 0 Å². The van der Waals surface area contributed by atoms with Crippen LogP contribution >= 0.6 is 0 Å². The number of nitrogens with zero attached hydrogens (tertiary/aromatic N) is 1. The van der Waals surface area contributed by atoms with Gasteiger partial charge in [-0.25, -0.2) is 0 Å². The predicted octanol–water partition coefficient (Wildman–Crippen LogP) is 1.28. The summed E-state index contributed by atoms with van der Waals surface area (Å²) in [4.78, 5) is 13.0. The fourth-order valence-corrected chi connectivity index (χ4v) is 1.65. The first-order chi connectivity index (χ1) is 7.41. The van der Waals surface area contributed by atoms with Gasteiger partial charge < -0.3 is 16.4 Å². The molecule has 88 valence electrons. The van der Waals surface area contributed by atoms with Crippen LogP contribution in [0, 0.1) is 6.92 Å². The zero-order valence-corrected chi connectivity index (χ0v) is 10.0. The van der Waals surface area contributed by atoms with Crippen LogP contribution in [0.3, 0.4) is 0 Å². The van der Waals surface area contributed by atoms with Gasteiger partial charge in [-0.15, -0.1) is 0 Å². The molecule has 0 atom stereocenters. The van der Waals surface area contributed by atoms with Crippen molar-refractivity contribution < 1.29 is 4.79 Å². The Morgan fingerprint density at radius 1 is 1.44 bits per heavy atom. The smallest absolute Gasteiger partial charge is 0.236 e. The lowest BCUT2D eigenvalue weighted by molar-refractivity contribution is -0.116. The van der Waals surface area contributed by atoms with E-state index in [1.165, 1.54) is 0 Å². The summed E-state index contributed by atoms with van der Waals surface area (Å²) >= 11 is 0.